The van der Waals surface area contributed by atoms with E-state index in [1.807, 2.05) is 13.0 Å². The molecule has 0 aromatic carbocycles. The van der Waals surface area contributed by atoms with Crippen molar-refractivity contribution in [2.45, 2.75) is 37.6 Å². The minimum atomic E-state index is -0.921. The van der Waals surface area contributed by atoms with Gasteiger partial charge in [-0.25, -0.2) is 4.79 Å². The molecule has 20 heavy (non-hydrogen) atoms. The van der Waals surface area contributed by atoms with E-state index in [9.17, 15) is 14.7 Å². The average molecular weight is 294 g/mol. The maximum Gasteiger partial charge on any atom is 0.327 e. The Morgan fingerprint density at radius 3 is 2.95 bits per heavy atom. The number of nitrogens with zero attached hydrogens (tertiary/aromatic N) is 2. The van der Waals surface area contributed by atoms with Crippen LogP contribution in [-0.4, -0.2) is 44.0 Å². The summed E-state index contributed by atoms with van der Waals surface area (Å²) in [7, 11) is 0. The second-order valence-corrected chi connectivity index (χ2v) is 5.98. The minimum Gasteiger partial charge on any atom is -0.480 e. The molecule has 2 atom stereocenters. The molecule has 1 aromatic heterocycles. The predicted molar refractivity (Wildman–Crippen MR) is 77.4 cm³/mol. The van der Waals surface area contributed by atoms with Gasteiger partial charge in [-0.05, 0) is 18.1 Å². The smallest absolute Gasteiger partial charge is 0.327 e. The normalized spacial score (nSPS) is 21.9. The number of rotatable bonds is 5. The number of pyridine rings is 1. The zero-order valence-electron chi connectivity index (χ0n) is 11.4. The van der Waals surface area contributed by atoms with Gasteiger partial charge in [-0.1, -0.05) is 19.4 Å². The van der Waals surface area contributed by atoms with Crippen LogP contribution in [0.15, 0.2) is 24.5 Å². The lowest BCUT2D eigenvalue weighted by Crippen LogP contribution is -2.46. The Bertz CT molecular complexity index is 481. The second kappa shape index (κ2) is 6.74. The van der Waals surface area contributed by atoms with E-state index in [-0.39, 0.29) is 17.7 Å². The molecule has 0 radical (unpaired) electrons. The fraction of sp³-hybridized carbons (Fsp3) is 0.500. The van der Waals surface area contributed by atoms with Gasteiger partial charge in [0.1, 0.15) is 6.04 Å². The number of hydrogen-bond acceptors (Lipinski definition) is 4. The van der Waals surface area contributed by atoms with E-state index in [0.717, 1.165) is 18.4 Å². The van der Waals surface area contributed by atoms with Crippen LogP contribution in [-0.2, 0) is 16.0 Å². The first-order valence-corrected chi connectivity index (χ1v) is 7.72. The van der Waals surface area contributed by atoms with E-state index in [0.29, 0.717) is 5.75 Å². The van der Waals surface area contributed by atoms with Crippen molar-refractivity contribution < 1.29 is 14.7 Å². The Morgan fingerprint density at radius 2 is 2.35 bits per heavy atom. The van der Waals surface area contributed by atoms with Crippen LogP contribution in [0, 0.1) is 0 Å². The van der Waals surface area contributed by atoms with Crippen LogP contribution in [0.4, 0.5) is 0 Å². The highest BCUT2D eigenvalue weighted by Gasteiger charge is 2.40. The van der Waals surface area contributed by atoms with Crippen molar-refractivity contribution in [2.24, 2.45) is 0 Å². The molecule has 0 bridgehead atoms. The van der Waals surface area contributed by atoms with Gasteiger partial charge in [0, 0.05) is 18.1 Å². The average Bonchev–Trinajstić information content (AvgIpc) is 2.84. The molecule has 5 nitrogen and oxygen atoms in total. The third kappa shape index (κ3) is 3.30. The maximum absolute atomic E-state index is 12.4. The van der Waals surface area contributed by atoms with Crippen LogP contribution in [0.3, 0.4) is 0 Å². The number of aliphatic carboxylic acids is 1. The zero-order valence-corrected chi connectivity index (χ0v) is 12.2. The largest absolute Gasteiger partial charge is 0.480 e. The molecule has 2 unspecified atom stereocenters. The third-order valence-corrected chi connectivity index (χ3v) is 4.64. The third-order valence-electron chi connectivity index (χ3n) is 3.28. The molecule has 6 heteroatoms. The quantitative estimate of drug-likeness (QED) is 0.896. The van der Waals surface area contributed by atoms with Crippen LogP contribution >= 0.6 is 11.8 Å². The van der Waals surface area contributed by atoms with E-state index < -0.39 is 12.0 Å². The first kappa shape index (κ1) is 14.8. The summed E-state index contributed by atoms with van der Waals surface area (Å²) in [5.74, 6) is -0.580. The molecule has 1 N–H and O–H groups in total. The van der Waals surface area contributed by atoms with Gasteiger partial charge in [-0.2, -0.15) is 0 Å². The van der Waals surface area contributed by atoms with Crippen molar-refractivity contribution in [3.8, 4) is 0 Å². The van der Waals surface area contributed by atoms with Crippen LogP contribution in [0.2, 0.25) is 0 Å². The number of hydrogen-bond donors (Lipinski definition) is 1. The van der Waals surface area contributed by atoms with Crippen LogP contribution in [0.25, 0.3) is 0 Å². The van der Waals surface area contributed by atoms with Gasteiger partial charge >= 0.3 is 5.97 Å². The predicted octanol–water partition coefficient (Wildman–Crippen LogP) is 1.78. The number of aromatic nitrogens is 1. The summed E-state index contributed by atoms with van der Waals surface area (Å²) < 4.78 is 0. The summed E-state index contributed by atoms with van der Waals surface area (Å²) in [5, 5.41) is 9.24. The van der Waals surface area contributed by atoms with Crippen molar-refractivity contribution in [1.82, 2.24) is 9.88 Å². The lowest BCUT2D eigenvalue weighted by molar-refractivity contribution is -0.148. The summed E-state index contributed by atoms with van der Waals surface area (Å²) in [6, 6.07) is 2.90. The van der Waals surface area contributed by atoms with Gasteiger partial charge in [-0.3, -0.25) is 9.78 Å². The molecule has 0 aliphatic carbocycles. The molecule has 2 heterocycles. The molecular weight excluding hydrogens is 276 g/mol. The van der Waals surface area contributed by atoms with Gasteiger partial charge in [0.2, 0.25) is 5.91 Å². The SMILES string of the molecule is CCCC1SCC(C(=O)O)N1C(=O)Cc1cccnc1. The zero-order chi connectivity index (χ0) is 14.5. The summed E-state index contributed by atoms with van der Waals surface area (Å²) in [4.78, 5) is 29.3. The summed E-state index contributed by atoms with van der Waals surface area (Å²) in [6.07, 6.45) is 5.26. The van der Waals surface area contributed by atoms with Crippen molar-refractivity contribution in [3.63, 3.8) is 0 Å². The Kier molecular flexibility index (Phi) is 5.00. The Labute approximate surface area is 122 Å². The second-order valence-electron chi connectivity index (χ2n) is 4.77. The van der Waals surface area contributed by atoms with Gasteiger partial charge in [0.15, 0.2) is 0 Å². The Balaban J connectivity index is 2.12. The fourth-order valence-corrected chi connectivity index (χ4v) is 3.86. The first-order valence-electron chi connectivity index (χ1n) is 6.68. The molecule has 1 fully saturated rings. The molecule has 1 aliphatic heterocycles. The van der Waals surface area contributed by atoms with Gasteiger partial charge in [0.25, 0.3) is 0 Å². The minimum absolute atomic E-state index is 0.0229. The number of carbonyl (C=O) groups excluding carboxylic acids is 1. The Morgan fingerprint density at radius 1 is 1.55 bits per heavy atom. The fourth-order valence-electron chi connectivity index (χ4n) is 2.33. The van der Waals surface area contributed by atoms with E-state index >= 15 is 0 Å². The van der Waals surface area contributed by atoms with Crippen molar-refractivity contribution in [3.05, 3.63) is 30.1 Å². The monoisotopic (exact) mass is 294 g/mol. The highest BCUT2D eigenvalue weighted by molar-refractivity contribution is 8.00. The van der Waals surface area contributed by atoms with Crippen molar-refractivity contribution >= 4 is 23.6 Å². The number of carboxylic acids is 1. The summed E-state index contributed by atoms with van der Waals surface area (Å²) >= 11 is 1.56. The lowest BCUT2D eigenvalue weighted by atomic mass is 10.1. The highest BCUT2D eigenvalue weighted by Crippen LogP contribution is 2.32. The number of carboxylic acid groups (broad SMARTS) is 1. The van der Waals surface area contributed by atoms with Gasteiger partial charge < -0.3 is 10.0 Å². The highest BCUT2D eigenvalue weighted by atomic mass is 32.2. The molecule has 1 amide bonds. The number of amides is 1. The van der Waals surface area contributed by atoms with Gasteiger partial charge in [0.05, 0.1) is 11.8 Å². The van der Waals surface area contributed by atoms with E-state index in [1.165, 1.54) is 0 Å². The topological polar surface area (TPSA) is 70.5 Å². The molecule has 1 aliphatic rings. The number of thioether (sulfide) groups is 1. The molecule has 0 saturated carbocycles. The number of carbonyl (C=O) groups is 2. The van der Waals surface area contributed by atoms with E-state index in [1.54, 1.807) is 35.1 Å². The molecule has 1 saturated heterocycles. The summed E-state index contributed by atoms with van der Waals surface area (Å²) in [6.45, 7) is 2.04. The van der Waals surface area contributed by atoms with Crippen LogP contribution < -0.4 is 0 Å². The maximum atomic E-state index is 12.4. The van der Waals surface area contributed by atoms with Crippen molar-refractivity contribution in [1.29, 1.82) is 0 Å². The first-order chi connectivity index (χ1) is 9.63. The molecule has 2 rings (SSSR count). The molecule has 0 spiro atoms. The lowest BCUT2D eigenvalue weighted by Gasteiger charge is -2.27. The van der Waals surface area contributed by atoms with E-state index in [4.69, 9.17) is 0 Å². The van der Waals surface area contributed by atoms with Gasteiger partial charge in [-0.15, -0.1) is 11.8 Å². The molecule has 108 valence electrons. The Hall–Kier alpha value is -1.56. The van der Waals surface area contributed by atoms with Crippen LogP contribution in [0.5, 0.6) is 0 Å². The van der Waals surface area contributed by atoms with Crippen molar-refractivity contribution in [2.75, 3.05) is 5.75 Å². The summed E-state index contributed by atoms with van der Waals surface area (Å²) in [5.41, 5.74) is 0.814. The standard InChI is InChI=1S/C14H18N2O3S/c1-2-4-13-16(11(9-20-13)14(18)19)12(17)7-10-5-3-6-15-8-10/h3,5-6,8,11,13H,2,4,7,9H2,1H3,(H,18,19). The molecule has 1 aromatic rings. The van der Waals surface area contributed by atoms with Crippen LogP contribution in [0.1, 0.15) is 25.3 Å². The van der Waals surface area contributed by atoms with E-state index in [2.05, 4.69) is 4.98 Å². The molecular formula is C14H18N2O3S.